The fraction of sp³-hybridized carbons (Fsp3) is 0. The molecule has 26 heavy (non-hydrogen) atoms. The summed E-state index contributed by atoms with van der Waals surface area (Å²) in [6, 6.07) is 18.9. The van der Waals surface area contributed by atoms with Crippen molar-refractivity contribution < 1.29 is 4.40 Å². The molecule has 0 radical (unpaired) electrons. The number of pyridine rings is 2. The van der Waals surface area contributed by atoms with Gasteiger partial charge in [-0.15, -0.1) is 0 Å². The van der Waals surface area contributed by atoms with Gasteiger partial charge in [-0.2, -0.15) is 4.40 Å². The third-order valence-electron chi connectivity index (χ3n) is 4.26. The Hall–Kier alpha value is -3.45. The first-order chi connectivity index (χ1) is 12.8. The Balaban J connectivity index is 2.38. The number of hydrogen-bond donors (Lipinski definition) is 0. The molecule has 2 heterocycles. The van der Waals surface area contributed by atoms with Crippen LogP contribution in [0.4, 0.5) is 0 Å². The second kappa shape index (κ2) is 8.09. The van der Waals surface area contributed by atoms with Crippen LogP contribution in [0.5, 0.6) is 0 Å². The Kier molecular flexibility index (Phi) is 5.40. The van der Waals surface area contributed by atoms with Crippen LogP contribution >= 0.6 is 0 Å². The first kappa shape index (κ1) is 17.4. The SMILES string of the molecule is C=C/C=C\C=Cc1cc(C=C)c(C=C)c2cccc(-c3ccccc3)[n+]12. The highest BCUT2D eigenvalue weighted by molar-refractivity contribution is 5.76. The number of rotatable bonds is 6. The lowest BCUT2D eigenvalue weighted by molar-refractivity contribution is -0.502. The zero-order valence-electron chi connectivity index (χ0n) is 14.8. The molecule has 1 nitrogen and oxygen atoms in total. The van der Waals surface area contributed by atoms with Gasteiger partial charge in [-0.25, -0.2) is 0 Å². The summed E-state index contributed by atoms with van der Waals surface area (Å²) < 4.78 is 2.26. The monoisotopic (exact) mass is 336 g/mol. The van der Waals surface area contributed by atoms with Crippen molar-refractivity contribution in [2.75, 3.05) is 0 Å². The second-order valence-electron chi connectivity index (χ2n) is 5.82. The smallest absolute Gasteiger partial charge is 0.153 e. The van der Waals surface area contributed by atoms with Crippen LogP contribution in [0.2, 0.25) is 0 Å². The maximum absolute atomic E-state index is 4.01. The first-order valence-corrected chi connectivity index (χ1v) is 8.58. The van der Waals surface area contributed by atoms with Crippen molar-refractivity contribution in [3.8, 4) is 11.3 Å². The molecule has 0 N–H and O–H groups in total. The lowest BCUT2D eigenvalue weighted by Crippen LogP contribution is -2.30. The number of nitrogens with zero attached hydrogens (tertiary/aromatic N) is 1. The number of allylic oxidation sites excluding steroid dienone is 4. The van der Waals surface area contributed by atoms with Crippen LogP contribution in [0.3, 0.4) is 0 Å². The van der Waals surface area contributed by atoms with Gasteiger partial charge in [0.25, 0.3) is 0 Å². The van der Waals surface area contributed by atoms with E-state index in [0.717, 1.165) is 28.0 Å². The zero-order valence-corrected chi connectivity index (χ0v) is 14.8. The van der Waals surface area contributed by atoms with E-state index in [-0.39, 0.29) is 0 Å². The molecule has 0 saturated heterocycles. The van der Waals surface area contributed by atoms with Gasteiger partial charge in [-0.1, -0.05) is 74.4 Å². The highest BCUT2D eigenvalue weighted by Crippen LogP contribution is 2.23. The van der Waals surface area contributed by atoms with Gasteiger partial charge in [0.2, 0.25) is 16.9 Å². The second-order valence-corrected chi connectivity index (χ2v) is 5.82. The van der Waals surface area contributed by atoms with E-state index in [9.17, 15) is 0 Å². The van der Waals surface area contributed by atoms with Crippen LogP contribution in [0.15, 0.2) is 98.6 Å². The van der Waals surface area contributed by atoms with Gasteiger partial charge in [0.1, 0.15) is 0 Å². The van der Waals surface area contributed by atoms with E-state index in [1.165, 1.54) is 5.56 Å². The van der Waals surface area contributed by atoms with Crippen LogP contribution < -0.4 is 4.40 Å². The summed E-state index contributed by atoms with van der Waals surface area (Å²) in [5.41, 5.74) is 6.63. The molecule has 126 valence electrons. The predicted octanol–water partition coefficient (Wildman–Crippen LogP) is 6.13. The normalized spacial score (nSPS) is 11.2. The Morgan fingerprint density at radius 1 is 0.769 bits per heavy atom. The summed E-state index contributed by atoms with van der Waals surface area (Å²) >= 11 is 0. The molecule has 3 rings (SSSR count). The summed E-state index contributed by atoms with van der Waals surface area (Å²) in [7, 11) is 0. The van der Waals surface area contributed by atoms with Crippen molar-refractivity contribution in [2.24, 2.45) is 0 Å². The van der Waals surface area contributed by atoms with Crippen molar-refractivity contribution in [1.29, 1.82) is 0 Å². The van der Waals surface area contributed by atoms with Gasteiger partial charge >= 0.3 is 0 Å². The Bertz CT molecular complexity index is 1020. The standard InChI is InChI=1S/C25H22N/c1-4-7-8-12-16-22-19-20(5-2)23(6-3)25-18-13-17-24(26(22)25)21-14-10-9-11-15-21/h4-19H,1-3H2/q+1/b8-7-,16-12?. The van der Waals surface area contributed by atoms with Crippen LogP contribution in [0.1, 0.15) is 16.8 Å². The molecule has 0 saturated carbocycles. The van der Waals surface area contributed by atoms with Crippen LogP contribution in [0.25, 0.3) is 35.0 Å². The first-order valence-electron chi connectivity index (χ1n) is 8.58. The van der Waals surface area contributed by atoms with E-state index in [1.807, 2.05) is 36.4 Å². The minimum absolute atomic E-state index is 1.07. The Labute approximate surface area is 155 Å². The van der Waals surface area contributed by atoms with Gasteiger partial charge in [-0.05, 0) is 23.8 Å². The van der Waals surface area contributed by atoms with E-state index in [2.05, 4.69) is 78.7 Å². The van der Waals surface area contributed by atoms with E-state index >= 15 is 0 Å². The summed E-state index contributed by atoms with van der Waals surface area (Å²) in [6.45, 7) is 11.7. The van der Waals surface area contributed by atoms with Gasteiger partial charge in [0, 0.05) is 29.8 Å². The summed E-state index contributed by atoms with van der Waals surface area (Å²) in [5, 5.41) is 0. The largest absolute Gasteiger partial charge is 0.219 e. The molecule has 0 aliphatic heterocycles. The molecule has 0 spiro atoms. The lowest BCUT2D eigenvalue weighted by Gasteiger charge is -2.08. The highest BCUT2D eigenvalue weighted by atomic mass is 14.9. The van der Waals surface area contributed by atoms with Gasteiger partial charge in [0.05, 0.1) is 5.56 Å². The zero-order chi connectivity index (χ0) is 18.4. The third-order valence-corrected chi connectivity index (χ3v) is 4.26. The Morgan fingerprint density at radius 2 is 1.58 bits per heavy atom. The quantitative estimate of drug-likeness (QED) is 0.376. The maximum Gasteiger partial charge on any atom is 0.219 e. The molecule has 0 atom stereocenters. The van der Waals surface area contributed by atoms with Crippen molar-refractivity contribution in [1.82, 2.24) is 0 Å². The van der Waals surface area contributed by atoms with Crippen molar-refractivity contribution in [2.45, 2.75) is 0 Å². The van der Waals surface area contributed by atoms with Crippen molar-refractivity contribution >= 4 is 23.7 Å². The molecular weight excluding hydrogens is 314 g/mol. The fourth-order valence-corrected chi connectivity index (χ4v) is 3.09. The van der Waals surface area contributed by atoms with E-state index in [0.29, 0.717) is 0 Å². The molecule has 2 aromatic heterocycles. The highest BCUT2D eigenvalue weighted by Gasteiger charge is 2.20. The summed E-state index contributed by atoms with van der Waals surface area (Å²) in [5.74, 6) is 0. The minimum Gasteiger partial charge on any atom is -0.153 e. The molecule has 0 aliphatic carbocycles. The number of aromatic nitrogens is 1. The average Bonchev–Trinajstić information content (AvgIpc) is 2.70. The van der Waals surface area contributed by atoms with E-state index in [1.54, 1.807) is 6.08 Å². The average molecular weight is 336 g/mol. The van der Waals surface area contributed by atoms with Crippen LogP contribution in [0, 0.1) is 0 Å². The van der Waals surface area contributed by atoms with Gasteiger partial charge < -0.3 is 0 Å². The molecule has 0 bridgehead atoms. The predicted molar refractivity (Wildman–Crippen MR) is 114 cm³/mol. The van der Waals surface area contributed by atoms with Crippen LogP contribution in [-0.2, 0) is 0 Å². The fourth-order valence-electron chi connectivity index (χ4n) is 3.09. The number of fused-ring (bicyclic) bond motifs is 1. The van der Waals surface area contributed by atoms with Gasteiger partial charge in [0.15, 0.2) is 0 Å². The van der Waals surface area contributed by atoms with Crippen molar-refractivity contribution in [3.63, 3.8) is 0 Å². The van der Waals surface area contributed by atoms with Crippen molar-refractivity contribution in [3.05, 3.63) is 115 Å². The minimum atomic E-state index is 1.07. The summed E-state index contributed by atoms with van der Waals surface area (Å²) in [4.78, 5) is 0. The topological polar surface area (TPSA) is 4.10 Å². The summed E-state index contributed by atoms with van der Waals surface area (Å²) in [6.07, 6.45) is 13.5. The molecule has 0 unspecified atom stereocenters. The molecular formula is C25H22N+. The molecule has 1 aromatic carbocycles. The van der Waals surface area contributed by atoms with E-state index < -0.39 is 0 Å². The van der Waals surface area contributed by atoms with Gasteiger partial charge in [-0.3, -0.25) is 0 Å². The Morgan fingerprint density at radius 3 is 2.27 bits per heavy atom. The lowest BCUT2D eigenvalue weighted by atomic mass is 10.0. The molecule has 0 fully saturated rings. The third kappa shape index (κ3) is 3.33. The molecule has 1 heteroatoms. The van der Waals surface area contributed by atoms with E-state index in [4.69, 9.17) is 0 Å². The molecule has 0 amide bonds. The number of hydrogen-bond acceptors (Lipinski definition) is 0. The van der Waals surface area contributed by atoms with Crippen LogP contribution in [-0.4, -0.2) is 0 Å². The molecule has 3 aromatic rings. The number of benzene rings is 1. The molecule has 0 aliphatic rings. The maximum atomic E-state index is 4.01.